The molecule has 1 aromatic heterocycles. The Morgan fingerprint density at radius 2 is 2.11 bits per heavy atom. The second-order valence-electron chi connectivity index (χ2n) is 4.15. The molecule has 2 rings (SSSR count). The number of fused-ring (bicyclic) bond motifs is 1. The van der Waals surface area contributed by atoms with Crippen LogP contribution in [0.3, 0.4) is 0 Å². The number of halogens is 4. The van der Waals surface area contributed by atoms with Gasteiger partial charge in [0, 0.05) is 6.54 Å². The van der Waals surface area contributed by atoms with Crippen LogP contribution in [0, 0.1) is 0 Å². The van der Waals surface area contributed by atoms with Gasteiger partial charge in [0.15, 0.2) is 11.0 Å². The largest absolute Gasteiger partial charge is 0.419 e. The van der Waals surface area contributed by atoms with Crippen molar-refractivity contribution in [2.75, 3.05) is 0 Å². The summed E-state index contributed by atoms with van der Waals surface area (Å²) in [6.07, 6.45) is -3.82. The van der Waals surface area contributed by atoms with Gasteiger partial charge in [-0.3, -0.25) is 4.57 Å². The van der Waals surface area contributed by atoms with Crippen molar-refractivity contribution in [3.8, 4) is 0 Å². The fourth-order valence-electron chi connectivity index (χ4n) is 1.86. The Bertz CT molecular complexity index is 644. The highest BCUT2D eigenvalue weighted by Crippen LogP contribution is 2.38. The molecule has 0 amide bonds. The number of nitrogens with zero attached hydrogens (tertiary/aromatic N) is 1. The van der Waals surface area contributed by atoms with E-state index < -0.39 is 17.3 Å². The normalized spacial score (nSPS) is 13.9. The SMILES string of the molecule is CCCn1c(=O)oc2cc(C(Cl)C(F)(F)F)ccc21. The van der Waals surface area contributed by atoms with Gasteiger partial charge >= 0.3 is 11.9 Å². The first-order chi connectivity index (χ1) is 8.84. The molecule has 0 aliphatic carbocycles. The summed E-state index contributed by atoms with van der Waals surface area (Å²) in [6, 6.07) is 3.84. The molecule has 0 aliphatic heterocycles. The molecule has 1 aromatic carbocycles. The average molecular weight is 294 g/mol. The molecule has 0 aliphatic rings. The number of oxazole rings is 1. The molecule has 0 spiro atoms. The lowest BCUT2D eigenvalue weighted by Crippen LogP contribution is -2.15. The fourth-order valence-corrected chi connectivity index (χ4v) is 2.00. The van der Waals surface area contributed by atoms with Crippen LogP contribution in [0.1, 0.15) is 24.3 Å². The Balaban J connectivity index is 2.51. The topological polar surface area (TPSA) is 35.1 Å². The molecule has 3 nitrogen and oxygen atoms in total. The smallest absolute Gasteiger partial charge is 0.408 e. The number of aromatic nitrogens is 1. The van der Waals surface area contributed by atoms with Crippen molar-refractivity contribution in [2.24, 2.45) is 0 Å². The molecule has 0 saturated carbocycles. The van der Waals surface area contributed by atoms with Crippen molar-refractivity contribution in [2.45, 2.75) is 31.4 Å². The van der Waals surface area contributed by atoms with Gasteiger partial charge in [-0.15, -0.1) is 11.6 Å². The Morgan fingerprint density at radius 3 is 2.68 bits per heavy atom. The number of aryl methyl sites for hydroxylation is 1. The van der Waals surface area contributed by atoms with Crippen LogP contribution in [0.2, 0.25) is 0 Å². The minimum Gasteiger partial charge on any atom is -0.408 e. The lowest BCUT2D eigenvalue weighted by molar-refractivity contribution is -0.131. The number of benzene rings is 1. The summed E-state index contributed by atoms with van der Waals surface area (Å²) in [7, 11) is 0. The van der Waals surface area contributed by atoms with Gasteiger partial charge in [-0.25, -0.2) is 4.79 Å². The predicted molar refractivity (Wildman–Crippen MR) is 65.4 cm³/mol. The van der Waals surface area contributed by atoms with Crippen LogP contribution in [0.4, 0.5) is 13.2 Å². The van der Waals surface area contributed by atoms with Gasteiger partial charge in [0.05, 0.1) is 5.52 Å². The summed E-state index contributed by atoms with van der Waals surface area (Å²) in [4.78, 5) is 11.5. The van der Waals surface area contributed by atoms with Crippen LogP contribution >= 0.6 is 11.6 Å². The molecule has 0 radical (unpaired) electrons. The highest BCUT2D eigenvalue weighted by Gasteiger charge is 2.39. The molecular weight excluding hydrogens is 283 g/mol. The molecule has 0 bridgehead atoms. The zero-order chi connectivity index (χ0) is 14.2. The van der Waals surface area contributed by atoms with Crippen molar-refractivity contribution in [1.82, 2.24) is 4.57 Å². The van der Waals surface area contributed by atoms with E-state index in [1.54, 1.807) is 0 Å². The van der Waals surface area contributed by atoms with E-state index in [4.69, 9.17) is 16.0 Å². The maximum Gasteiger partial charge on any atom is 0.419 e. The number of alkyl halides is 4. The zero-order valence-electron chi connectivity index (χ0n) is 10.00. The molecule has 19 heavy (non-hydrogen) atoms. The summed E-state index contributed by atoms with van der Waals surface area (Å²) >= 11 is 5.34. The van der Waals surface area contributed by atoms with E-state index in [1.807, 2.05) is 6.92 Å². The molecular formula is C12H11ClF3NO2. The van der Waals surface area contributed by atoms with E-state index in [0.29, 0.717) is 12.1 Å². The minimum atomic E-state index is -4.54. The van der Waals surface area contributed by atoms with Crippen LogP contribution in [-0.4, -0.2) is 10.7 Å². The standard InChI is InChI=1S/C12H11ClF3NO2/c1-2-5-17-8-4-3-7(10(13)12(14,15)16)6-9(8)19-11(17)18/h3-4,6,10H,2,5H2,1H3. The molecule has 1 heterocycles. The van der Waals surface area contributed by atoms with Gasteiger partial charge in [-0.2, -0.15) is 13.2 Å². The van der Waals surface area contributed by atoms with Crippen LogP contribution in [-0.2, 0) is 6.54 Å². The van der Waals surface area contributed by atoms with Gasteiger partial charge in [-0.05, 0) is 24.1 Å². The molecule has 0 fully saturated rings. The molecule has 0 saturated heterocycles. The maximum atomic E-state index is 12.5. The summed E-state index contributed by atoms with van der Waals surface area (Å²) in [5.41, 5.74) is 0.451. The number of hydrogen-bond acceptors (Lipinski definition) is 2. The van der Waals surface area contributed by atoms with E-state index in [9.17, 15) is 18.0 Å². The Morgan fingerprint density at radius 1 is 1.42 bits per heavy atom. The monoisotopic (exact) mass is 293 g/mol. The third-order valence-electron chi connectivity index (χ3n) is 2.72. The summed E-state index contributed by atoms with van der Waals surface area (Å²) in [5, 5.41) is -2.11. The van der Waals surface area contributed by atoms with E-state index in [0.717, 1.165) is 12.5 Å². The van der Waals surface area contributed by atoms with Gasteiger partial charge < -0.3 is 4.42 Å². The quantitative estimate of drug-likeness (QED) is 0.806. The molecule has 7 heteroatoms. The Hall–Kier alpha value is -1.43. The van der Waals surface area contributed by atoms with Gasteiger partial charge in [0.2, 0.25) is 0 Å². The summed E-state index contributed by atoms with van der Waals surface area (Å²) in [5.74, 6) is -0.577. The van der Waals surface area contributed by atoms with E-state index in [1.165, 1.54) is 16.7 Å². The minimum absolute atomic E-state index is 0.117. The predicted octanol–water partition coefficient (Wildman–Crippen LogP) is 3.85. The first-order valence-corrected chi connectivity index (χ1v) is 6.12. The molecule has 2 aromatic rings. The van der Waals surface area contributed by atoms with Crippen LogP contribution in [0.15, 0.2) is 27.4 Å². The molecule has 1 unspecified atom stereocenters. The van der Waals surface area contributed by atoms with Crippen molar-refractivity contribution in [3.05, 3.63) is 34.3 Å². The maximum absolute atomic E-state index is 12.5. The second kappa shape index (κ2) is 4.92. The highest BCUT2D eigenvalue weighted by atomic mass is 35.5. The van der Waals surface area contributed by atoms with Crippen molar-refractivity contribution < 1.29 is 17.6 Å². The van der Waals surface area contributed by atoms with E-state index in [-0.39, 0.29) is 11.1 Å². The third-order valence-corrected chi connectivity index (χ3v) is 3.22. The number of rotatable bonds is 3. The Kier molecular flexibility index (Phi) is 3.62. The third kappa shape index (κ3) is 2.63. The molecule has 1 atom stereocenters. The fraction of sp³-hybridized carbons (Fsp3) is 0.417. The first-order valence-electron chi connectivity index (χ1n) is 5.68. The highest BCUT2D eigenvalue weighted by molar-refractivity contribution is 6.21. The second-order valence-corrected chi connectivity index (χ2v) is 4.59. The summed E-state index contributed by atoms with van der Waals surface area (Å²) in [6.45, 7) is 2.34. The van der Waals surface area contributed by atoms with Crippen LogP contribution < -0.4 is 5.76 Å². The van der Waals surface area contributed by atoms with Crippen molar-refractivity contribution >= 4 is 22.7 Å². The summed E-state index contributed by atoms with van der Waals surface area (Å²) < 4.78 is 43.9. The van der Waals surface area contributed by atoms with Gasteiger partial charge in [0.25, 0.3) is 0 Å². The zero-order valence-corrected chi connectivity index (χ0v) is 10.8. The van der Waals surface area contributed by atoms with Crippen LogP contribution in [0.5, 0.6) is 0 Å². The van der Waals surface area contributed by atoms with E-state index >= 15 is 0 Å². The van der Waals surface area contributed by atoms with Crippen LogP contribution in [0.25, 0.3) is 11.1 Å². The number of hydrogen-bond donors (Lipinski definition) is 0. The van der Waals surface area contributed by atoms with Gasteiger partial charge in [0.1, 0.15) is 0 Å². The van der Waals surface area contributed by atoms with Gasteiger partial charge in [-0.1, -0.05) is 13.0 Å². The van der Waals surface area contributed by atoms with Crippen molar-refractivity contribution in [3.63, 3.8) is 0 Å². The lowest BCUT2D eigenvalue weighted by atomic mass is 10.1. The lowest BCUT2D eigenvalue weighted by Gasteiger charge is -2.13. The first kappa shape index (κ1) is 14.0. The van der Waals surface area contributed by atoms with Crippen molar-refractivity contribution in [1.29, 1.82) is 0 Å². The van der Waals surface area contributed by atoms with E-state index in [2.05, 4.69) is 0 Å². The average Bonchev–Trinajstić information content (AvgIpc) is 2.63. The molecule has 0 N–H and O–H groups in total. The Labute approximate surface area is 111 Å². The molecule has 104 valence electrons.